The molecule has 4 rings (SSSR count). The highest BCUT2D eigenvalue weighted by atomic mass is 16.2. The van der Waals surface area contributed by atoms with Crippen LogP contribution in [0.2, 0.25) is 0 Å². The first-order valence-electron chi connectivity index (χ1n) is 7.90. The second-order valence-corrected chi connectivity index (χ2v) is 6.14. The van der Waals surface area contributed by atoms with Gasteiger partial charge in [-0.2, -0.15) is 5.10 Å². The lowest BCUT2D eigenvalue weighted by atomic mass is 10.2. The summed E-state index contributed by atoms with van der Waals surface area (Å²) in [6, 6.07) is 11.5. The highest BCUT2D eigenvalue weighted by Gasteiger charge is 2.24. The summed E-state index contributed by atoms with van der Waals surface area (Å²) < 4.78 is 1.89. The summed E-state index contributed by atoms with van der Waals surface area (Å²) in [5, 5.41) is 8.37. The Kier molecular flexibility index (Phi) is 3.33. The Labute approximate surface area is 134 Å². The maximum atomic E-state index is 12.5. The highest BCUT2D eigenvalue weighted by Crippen LogP contribution is 2.32. The number of aromatic nitrogens is 3. The first-order valence-corrected chi connectivity index (χ1v) is 7.90. The van der Waals surface area contributed by atoms with E-state index in [1.165, 1.54) is 12.8 Å². The average Bonchev–Trinajstić information content (AvgIpc) is 3.33. The zero-order valence-electron chi connectivity index (χ0n) is 13.0. The van der Waals surface area contributed by atoms with E-state index in [0.29, 0.717) is 11.6 Å². The minimum absolute atomic E-state index is 0.198. The first-order chi connectivity index (χ1) is 11.2. The van der Waals surface area contributed by atoms with Gasteiger partial charge in [0.05, 0.1) is 11.7 Å². The molecule has 0 bridgehead atoms. The number of nitrogens with one attached hydrogen (secondary N) is 1. The molecule has 0 spiro atoms. The van der Waals surface area contributed by atoms with Crippen LogP contribution in [0.4, 0.5) is 5.82 Å². The quantitative estimate of drug-likeness (QED) is 0.803. The minimum Gasteiger partial charge on any atom is -0.305 e. The van der Waals surface area contributed by atoms with Crippen molar-refractivity contribution in [3.8, 4) is 0 Å². The number of para-hydroxylation sites is 1. The summed E-state index contributed by atoms with van der Waals surface area (Å²) in [5.41, 5.74) is 2.21. The van der Waals surface area contributed by atoms with Gasteiger partial charge in [0.25, 0.3) is 5.91 Å². The third-order valence-corrected chi connectivity index (χ3v) is 4.21. The molecular weight excluding hydrogens is 288 g/mol. The van der Waals surface area contributed by atoms with Gasteiger partial charge in [0.15, 0.2) is 0 Å². The summed E-state index contributed by atoms with van der Waals surface area (Å²) in [4.78, 5) is 17.0. The van der Waals surface area contributed by atoms with Gasteiger partial charge in [-0.05, 0) is 37.8 Å². The van der Waals surface area contributed by atoms with Crippen molar-refractivity contribution in [1.82, 2.24) is 14.8 Å². The topological polar surface area (TPSA) is 59.8 Å². The van der Waals surface area contributed by atoms with Crippen molar-refractivity contribution in [3.63, 3.8) is 0 Å². The molecule has 2 heterocycles. The fourth-order valence-electron chi connectivity index (χ4n) is 2.69. The van der Waals surface area contributed by atoms with Crippen molar-refractivity contribution in [2.24, 2.45) is 5.92 Å². The normalized spacial score (nSPS) is 14.1. The predicted octanol–water partition coefficient (Wildman–Crippen LogP) is 3.40. The Morgan fingerprint density at radius 1 is 1.26 bits per heavy atom. The molecule has 1 aliphatic rings. The van der Waals surface area contributed by atoms with Gasteiger partial charge in [-0.25, -0.2) is 9.67 Å². The monoisotopic (exact) mass is 306 g/mol. The van der Waals surface area contributed by atoms with E-state index in [9.17, 15) is 4.79 Å². The molecule has 0 unspecified atom stereocenters. The molecule has 1 N–H and O–H groups in total. The zero-order chi connectivity index (χ0) is 15.8. The number of fused-ring (bicyclic) bond motifs is 1. The molecular formula is C18H18N4O. The van der Waals surface area contributed by atoms with Crippen molar-refractivity contribution < 1.29 is 4.79 Å². The molecule has 3 aromatic rings. The van der Waals surface area contributed by atoms with E-state index < -0.39 is 0 Å². The fraction of sp³-hybridized carbons (Fsp3) is 0.278. The summed E-state index contributed by atoms with van der Waals surface area (Å²) in [5.74, 6) is 1.28. The number of carbonyl (C=O) groups is 1. The Morgan fingerprint density at radius 3 is 2.91 bits per heavy atom. The largest absolute Gasteiger partial charge is 0.305 e. The number of rotatable bonds is 4. The van der Waals surface area contributed by atoms with Gasteiger partial charge in [0.2, 0.25) is 0 Å². The van der Waals surface area contributed by atoms with E-state index >= 15 is 0 Å². The van der Waals surface area contributed by atoms with Crippen LogP contribution in [0.15, 0.2) is 42.6 Å². The second kappa shape index (κ2) is 5.50. The van der Waals surface area contributed by atoms with Crippen molar-refractivity contribution in [3.05, 3.63) is 53.9 Å². The van der Waals surface area contributed by atoms with Gasteiger partial charge < -0.3 is 5.32 Å². The number of hydrogen-bond acceptors (Lipinski definition) is 3. The lowest BCUT2D eigenvalue weighted by Gasteiger charge is -2.10. The van der Waals surface area contributed by atoms with Crippen LogP contribution in [0.25, 0.3) is 10.9 Å². The number of pyridine rings is 1. The van der Waals surface area contributed by atoms with Crippen LogP contribution in [0.5, 0.6) is 0 Å². The summed E-state index contributed by atoms with van der Waals surface area (Å²) in [6.45, 7) is 2.83. The maximum absolute atomic E-state index is 12.5. The van der Waals surface area contributed by atoms with Gasteiger partial charge >= 0.3 is 0 Å². The highest BCUT2D eigenvalue weighted by molar-refractivity contribution is 6.03. The smallest absolute Gasteiger partial charge is 0.275 e. The van der Waals surface area contributed by atoms with Crippen LogP contribution in [0, 0.1) is 12.8 Å². The number of anilines is 1. The molecule has 116 valence electrons. The van der Waals surface area contributed by atoms with E-state index in [1.54, 1.807) is 12.3 Å². The molecule has 1 saturated carbocycles. The van der Waals surface area contributed by atoms with Gasteiger partial charge in [-0.3, -0.25) is 4.79 Å². The SMILES string of the molecule is Cc1cnn(CC2CC2)c1NC(=O)c1ccc2ccccc2n1. The molecule has 1 aliphatic carbocycles. The van der Waals surface area contributed by atoms with Crippen LogP contribution in [0.3, 0.4) is 0 Å². The molecule has 1 amide bonds. The molecule has 0 atom stereocenters. The Bertz CT molecular complexity index is 880. The second-order valence-electron chi connectivity index (χ2n) is 6.14. The Hall–Kier alpha value is -2.69. The molecule has 23 heavy (non-hydrogen) atoms. The Balaban J connectivity index is 1.60. The molecule has 2 aromatic heterocycles. The third-order valence-electron chi connectivity index (χ3n) is 4.21. The van der Waals surface area contributed by atoms with Crippen molar-refractivity contribution in [2.75, 3.05) is 5.32 Å². The molecule has 0 radical (unpaired) electrons. The van der Waals surface area contributed by atoms with Crippen LogP contribution < -0.4 is 5.32 Å². The predicted molar refractivity (Wildman–Crippen MR) is 89.4 cm³/mol. The lowest BCUT2D eigenvalue weighted by Crippen LogP contribution is -2.18. The maximum Gasteiger partial charge on any atom is 0.275 e. The van der Waals surface area contributed by atoms with Gasteiger partial charge in [0, 0.05) is 17.5 Å². The Morgan fingerprint density at radius 2 is 2.09 bits per heavy atom. The summed E-state index contributed by atoms with van der Waals surface area (Å²) >= 11 is 0. The fourth-order valence-corrected chi connectivity index (χ4v) is 2.69. The van der Waals surface area contributed by atoms with E-state index in [1.807, 2.05) is 41.9 Å². The third kappa shape index (κ3) is 2.82. The summed E-state index contributed by atoms with van der Waals surface area (Å²) in [6.07, 6.45) is 4.29. The number of benzene rings is 1. The number of carbonyl (C=O) groups excluding carboxylic acids is 1. The standard InChI is InChI=1S/C18H18N4O/c1-12-10-19-22(11-13-6-7-13)17(12)21-18(23)16-9-8-14-4-2-3-5-15(14)20-16/h2-5,8-10,13H,6-7,11H2,1H3,(H,21,23). The number of hydrogen-bond donors (Lipinski definition) is 1. The number of nitrogens with zero attached hydrogens (tertiary/aromatic N) is 3. The van der Waals surface area contributed by atoms with Crippen molar-refractivity contribution in [1.29, 1.82) is 0 Å². The van der Waals surface area contributed by atoms with Crippen LogP contribution in [-0.4, -0.2) is 20.7 Å². The van der Waals surface area contributed by atoms with Crippen LogP contribution >= 0.6 is 0 Å². The molecule has 0 aliphatic heterocycles. The molecule has 0 saturated heterocycles. The van der Waals surface area contributed by atoms with Gasteiger partial charge in [-0.1, -0.05) is 24.3 Å². The number of amides is 1. The molecule has 1 aromatic carbocycles. The van der Waals surface area contributed by atoms with Crippen LogP contribution in [-0.2, 0) is 6.54 Å². The molecule has 5 heteroatoms. The van der Waals surface area contributed by atoms with Gasteiger partial charge in [-0.15, -0.1) is 0 Å². The lowest BCUT2D eigenvalue weighted by molar-refractivity contribution is 0.102. The van der Waals surface area contributed by atoms with Crippen molar-refractivity contribution >= 4 is 22.6 Å². The molecule has 5 nitrogen and oxygen atoms in total. The average molecular weight is 306 g/mol. The summed E-state index contributed by atoms with van der Waals surface area (Å²) in [7, 11) is 0. The van der Waals surface area contributed by atoms with E-state index in [2.05, 4.69) is 15.4 Å². The van der Waals surface area contributed by atoms with E-state index in [4.69, 9.17) is 0 Å². The zero-order valence-corrected chi connectivity index (χ0v) is 13.0. The van der Waals surface area contributed by atoms with Gasteiger partial charge in [0.1, 0.15) is 11.5 Å². The van der Waals surface area contributed by atoms with E-state index in [-0.39, 0.29) is 5.91 Å². The van der Waals surface area contributed by atoms with Crippen LogP contribution in [0.1, 0.15) is 28.9 Å². The van der Waals surface area contributed by atoms with E-state index in [0.717, 1.165) is 28.8 Å². The van der Waals surface area contributed by atoms with Crippen molar-refractivity contribution in [2.45, 2.75) is 26.3 Å². The minimum atomic E-state index is -0.198. The first kappa shape index (κ1) is 13.9. The number of aryl methyl sites for hydroxylation is 1. The molecule has 1 fully saturated rings.